The van der Waals surface area contributed by atoms with Crippen LogP contribution in [0.3, 0.4) is 0 Å². The fourth-order valence-corrected chi connectivity index (χ4v) is 2.78. The first-order valence-corrected chi connectivity index (χ1v) is 7.25. The average molecular weight is 356 g/mol. The van der Waals surface area contributed by atoms with Gasteiger partial charge in [-0.25, -0.2) is 4.98 Å². The number of nitrogens with zero attached hydrogens (tertiary/aromatic N) is 2. The van der Waals surface area contributed by atoms with Gasteiger partial charge < -0.3 is 14.8 Å². The molecule has 0 aliphatic rings. The maximum absolute atomic E-state index is 12.4. The van der Waals surface area contributed by atoms with Gasteiger partial charge in [-0.1, -0.05) is 0 Å². The fraction of sp³-hybridized carbons (Fsp3) is 0.429. The first-order valence-electron chi connectivity index (χ1n) is 6.46. The van der Waals surface area contributed by atoms with Crippen LogP contribution in [-0.2, 0) is 9.47 Å². The number of methoxy groups -OCH3 is 2. The van der Waals surface area contributed by atoms with Gasteiger partial charge in [-0.15, -0.1) is 0 Å². The Hall–Kier alpha value is -1.44. The number of rotatable bonds is 5. The van der Waals surface area contributed by atoms with Crippen molar-refractivity contribution in [2.45, 2.75) is 20.1 Å². The largest absolute Gasteiger partial charge is 0.354 e. The maximum atomic E-state index is 12.4. The Labute approximate surface area is 131 Å². The number of hydrogen-bond acceptors (Lipinski definition) is 4. The van der Waals surface area contributed by atoms with E-state index in [0.29, 0.717) is 11.4 Å². The molecule has 0 bridgehead atoms. The van der Waals surface area contributed by atoms with E-state index >= 15 is 0 Å². The zero-order chi connectivity index (χ0) is 15.6. The summed E-state index contributed by atoms with van der Waals surface area (Å²) in [6.07, 6.45) is 1.42. The summed E-state index contributed by atoms with van der Waals surface area (Å²) in [6.45, 7) is 4.05. The molecule has 2 rings (SSSR count). The fourth-order valence-electron chi connectivity index (χ4n) is 2.14. The Morgan fingerprint density at radius 1 is 1.43 bits per heavy atom. The summed E-state index contributed by atoms with van der Waals surface area (Å²) in [5.74, 6) is -0.211. The average Bonchev–Trinajstić information content (AvgIpc) is 2.76. The molecule has 21 heavy (non-hydrogen) atoms. The number of carbonyl (C=O) groups excluding carboxylic acids is 1. The predicted molar refractivity (Wildman–Crippen MR) is 82.5 cm³/mol. The molecule has 6 nitrogen and oxygen atoms in total. The Bertz CT molecular complexity index is 665. The highest BCUT2D eigenvalue weighted by molar-refractivity contribution is 9.10. The molecule has 0 saturated heterocycles. The van der Waals surface area contributed by atoms with Gasteiger partial charge in [-0.3, -0.25) is 9.20 Å². The topological polar surface area (TPSA) is 64.9 Å². The Morgan fingerprint density at radius 3 is 2.71 bits per heavy atom. The Balaban J connectivity index is 2.33. The molecule has 2 aromatic heterocycles. The molecule has 0 aromatic carbocycles. The molecule has 0 saturated carbocycles. The lowest BCUT2D eigenvalue weighted by atomic mass is 10.3. The van der Waals surface area contributed by atoms with Gasteiger partial charge in [-0.05, 0) is 41.4 Å². The smallest absolute Gasteiger partial charge is 0.270 e. The minimum absolute atomic E-state index is 0.211. The van der Waals surface area contributed by atoms with Crippen LogP contribution in [0, 0.1) is 13.8 Å². The van der Waals surface area contributed by atoms with Crippen molar-refractivity contribution in [1.29, 1.82) is 0 Å². The minimum Gasteiger partial charge on any atom is -0.354 e. The van der Waals surface area contributed by atoms with E-state index in [9.17, 15) is 4.79 Å². The van der Waals surface area contributed by atoms with E-state index in [-0.39, 0.29) is 12.5 Å². The van der Waals surface area contributed by atoms with E-state index in [1.807, 2.05) is 26.1 Å². The number of halogens is 1. The summed E-state index contributed by atoms with van der Waals surface area (Å²) in [5.41, 5.74) is 2.94. The van der Waals surface area contributed by atoms with Crippen LogP contribution in [0.2, 0.25) is 0 Å². The second kappa shape index (κ2) is 6.55. The van der Waals surface area contributed by atoms with Crippen LogP contribution in [0.4, 0.5) is 0 Å². The van der Waals surface area contributed by atoms with Gasteiger partial charge in [0.1, 0.15) is 5.69 Å². The van der Waals surface area contributed by atoms with Gasteiger partial charge in [-0.2, -0.15) is 0 Å². The number of nitrogens with one attached hydrogen (secondary N) is 1. The van der Waals surface area contributed by atoms with E-state index in [0.717, 1.165) is 15.7 Å². The molecule has 114 valence electrons. The normalized spacial score (nSPS) is 11.3. The SMILES string of the molecule is COC(CNC(=O)c1c(C)nc2c(Br)cc(C)cn12)OC. The lowest BCUT2D eigenvalue weighted by Crippen LogP contribution is -2.35. The highest BCUT2D eigenvalue weighted by Crippen LogP contribution is 2.22. The first kappa shape index (κ1) is 15.9. The first-order chi connectivity index (χ1) is 9.97. The Kier molecular flexibility index (Phi) is 4.97. The number of amides is 1. The maximum Gasteiger partial charge on any atom is 0.270 e. The van der Waals surface area contributed by atoms with Crippen LogP contribution >= 0.6 is 15.9 Å². The van der Waals surface area contributed by atoms with Gasteiger partial charge in [0.2, 0.25) is 0 Å². The molecule has 0 atom stereocenters. The third-order valence-electron chi connectivity index (χ3n) is 3.16. The van der Waals surface area contributed by atoms with Crippen molar-refractivity contribution >= 4 is 27.5 Å². The molecule has 2 aromatic rings. The third kappa shape index (κ3) is 3.25. The van der Waals surface area contributed by atoms with Crippen LogP contribution < -0.4 is 5.32 Å². The molecule has 0 spiro atoms. The standard InChI is InChI=1S/C14H18BrN3O3/c1-8-5-10(15)13-17-9(2)12(18(13)7-8)14(19)16-6-11(20-3)21-4/h5,7,11H,6H2,1-4H3,(H,16,19). The van der Waals surface area contributed by atoms with Gasteiger partial charge in [0.15, 0.2) is 11.9 Å². The predicted octanol–water partition coefficient (Wildman–Crippen LogP) is 2.06. The number of pyridine rings is 1. The molecular formula is C14H18BrN3O3. The van der Waals surface area contributed by atoms with Gasteiger partial charge in [0.25, 0.3) is 5.91 Å². The zero-order valence-electron chi connectivity index (χ0n) is 12.4. The van der Waals surface area contributed by atoms with Crippen molar-refractivity contribution in [3.63, 3.8) is 0 Å². The number of ether oxygens (including phenoxy) is 2. The van der Waals surface area contributed by atoms with Crippen molar-refractivity contribution in [3.8, 4) is 0 Å². The monoisotopic (exact) mass is 355 g/mol. The molecule has 0 aliphatic heterocycles. The van der Waals surface area contributed by atoms with E-state index in [1.54, 1.807) is 4.40 Å². The lowest BCUT2D eigenvalue weighted by molar-refractivity contribution is -0.0974. The third-order valence-corrected chi connectivity index (χ3v) is 3.74. The Morgan fingerprint density at radius 2 is 2.10 bits per heavy atom. The summed E-state index contributed by atoms with van der Waals surface area (Å²) in [6, 6.07) is 1.97. The molecule has 0 aliphatic carbocycles. The molecule has 2 heterocycles. The summed E-state index contributed by atoms with van der Waals surface area (Å²) in [7, 11) is 3.06. The van der Waals surface area contributed by atoms with Crippen LogP contribution in [0.1, 0.15) is 21.7 Å². The minimum atomic E-state index is -0.470. The lowest BCUT2D eigenvalue weighted by Gasteiger charge is -2.14. The van der Waals surface area contributed by atoms with E-state index in [1.165, 1.54) is 14.2 Å². The molecule has 0 unspecified atom stereocenters. The second-order valence-corrected chi connectivity index (χ2v) is 5.57. The van der Waals surface area contributed by atoms with Crippen molar-refractivity contribution in [2.24, 2.45) is 0 Å². The molecule has 0 radical (unpaired) electrons. The van der Waals surface area contributed by atoms with Gasteiger partial charge in [0.05, 0.1) is 16.7 Å². The molecule has 1 amide bonds. The van der Waals surface area contributed by atoms with Gasteiger partial charge in [0, 0.05) is 20.4 Å². The second-order valence-electron chi connectivity index (χ2n) is 4.72. The van der Waals surface area contributed by atoms with Crippen molar-refractivity contribution < 1.29 is 14.3 Å². The van der Waals surface area contributed by atoms with Gasteiger partial charge >= 0.3 is 0 Å². The van der Waals surface area contributed by atoms with E-state index < -0.39 is 6.29 Å². The van der Waals surface area contributed by atoms with E-state index in [2.05, 4.69) is 26.2 Å². The number of imidazole rings is 1. The number of fused-ring (bicyclic) bond motifs is 1. The van der Waals surface area contributed by atoms with Crippen LogP contribution in [0.15, 0.2) is 16.7 Å². The van der Waals surface area contributed by atoms with Crippen LogP contribution in [0.5, 0.6) is 0 Å². The van der Waals surface area contributed by atoms with Crippen LogP contribution in [-0.4, -0.2) is 42.3 Å². The highest BCUT2D eigenvalue weighted by atomic mass is 79.9. The number of aryl methyl sites for hydroxylation is 2. The van der Waals surface area contributed by atoms with E-state index in [4.69, 9.17) is 9.47 Å². The molecular weight excluding hydrogens is 338 g/mol. The number of aromatic nitrogens is 2. The quantitative estimate of drug-likeness (QED) is 0.833. The molecule has 0 fully saturated rings. The van der Waals surface area contributed by atoms with Crippen LogP contribution in [0.25, 0.3) is 5.65 Å². The van der Waals surface area contributed by atoms with Crippen molar-refractivity contribution in [3.05, 3.63) is 33.7 Å². The zero-order valence-corrected chi connectivity index (χ0v) is 14.0. The van der Waals surface area contributed by atoms with Crippen molar-refractivity contribution in [1.82, 2.24) is 14.7 Å². The summed E-state index contributed by atoms with van der Waals surface area (Å²) in [5, 5.41) is 2.79. The van der Waals surface area contributed by atoms with Crippen molar-refractivity contribution in [2.75, 3.05) is 20.8 Å². The molecule has 7 heteroatoms. The summed E-state index contributed by atoms with van der Waals surface area (Å²) in [4.78, 5) is 16.8. The highest BCUT2D eigenvalue weighted by Gasteiger charge is 2.19. The summed E-state index contributed by atoms with van der Waals surface area (Å²) < 4.78 is 12.8. The molecule has 1 N–H and O–H groups in total. The number of carbonyl (C=O) groups is 1. The summed E-state index contributed by atoms with van der Waals surface area (Å²) >= 11 is 3.47. The number of hydrogen-bond donors (Lipinski definition) is 1.